The summed E-state index contributed by atoms with van der Waals surface area (Å²) in [6, 6.07) is 25.7. The Bertz CT molecular complexity index is 1560. The van der Waals surface area contributed by atoms with E-state index in [0.29, 0.717) is 45.4 Å². The van der Waals surface area contributed by atoms with Crippen molar-refractivity contribution in [2.45, 2.75) is 10.6 Å². The zero-order valence-electron chi connectivity index (χ0n) is 22.8. The maximum atomic E-state index is 14.0. The summed E-state index contributed by atoms with van der Waals surface area (Å²) in [6.07, 6.45) is 1.51. The predicted octanol–water partition coefficient (Wildman–Crippen LogP) is 6.55. The molecular formula is C32H29FN2O5S. The van der Waals surface area contributed by atoms with E-state index in [0.717, 1.165) is 4.90 Å². The lowest BCUT2D eigenvalue weighted by Gasteiger charge is -2.15. The fraction of sp³-hybridized carbons (Fsp3) is 0.125. The Morgan fingerprint density at radius 3 is 2.20 bits per heavy atom. The van der Waals surface area contributed by atoms with Gasteiger partial charge in [0.2, 0.25) is 0 Å². The molecule has 7 nitrogen and oxygen atoms in total. The summed E-state index contributed by atoms with van der Waals surface area (Å²) in [5.74, 6) is 0.441. The average molecular weight is 573 g/mol. The monoisotopic (exact) mass is 572 g/mol. The number of rotatable bonds is 11. The van der Waals surface area contributed by atoms with E-state index < -0.39 is 11.8 Å². The van der Waals surface area contributed by atoms with Crippen LogP contribution in [0.25, 0.3) is 6.08 Å². The lowest BCUT2D eigenvalue weighted by molar-refractivity contribution is -0.113. The van der Waals surface area contributed by atoms with Gasteiger partial charge in [-0.05, 0) is 54.1 Å². The first-order valence-corrected chi connectivity index (χ1v) is 13.6. The first-order valence-electron chi connectivity index (χ1n) is 12.6. The summed E-state index contributed by atoms with van der Waals surface area (Å²) < 4.78 is 30.3. The van der Waals surface area contributed by atoms with Crippen LogP contribution in [-0.2, 0) is 10.5 Å². The lowest BCUT2D eigenvalue weighted by Crippen LogP contribution is -2.30. The molecule has 0 saturated carbocycles. The maximum absolute atomic E-state index is 14.0. The van der Waals surface area contributed by atoms with Crippen LogP contribution >= 0.6 is 11.8 Å². The van der Waals surface area contributed by atoms with Crippen LogP contribution in [0.4, 0.5) is 10.1 Å². The summed E-state index contributed by atoms with van der Waals surface area (Å²) in [6.45, 7) is 0. The molecular weight excluding hydrogens is 543 g/mol. The molecule has 0 spiro atoms. The molecule has 0 aliphatic heterocycles. The first-order chi connectivity index (χ1) is 19.9. The third-order valence-corrected chi connectivity index (χ3v) is 7.05. The number of anilines is 1. The van der Waals surface area contributed by atoms with Gasteiger partial charge in [0.15, 0.2) is 11.5 Å². The van der Waals surface area contributed by atoms with E-state index in [1.54, 1.807) is 78.9 Å². The van der Waals surface area contributed by atoms with E-state index in [1.165, 1.54) is 45.2 Å². The number of hydrogen-bond donors (Lipinski definition) is 2. The van der Waals surface area contributed by atoms with Gasteiger partial charge in [0.1, 0.15) is 17.3 Å². The van der Waals surface area contributed by atoms with Gasteiger partial charge in [0, 0.05) is 33.5 Å². The van der Waals surface area contributed by atoms with Gasteiger partial charge in [-0.25, -0.2) is 4.39 Å². The number of nitrogens with one attached hydrogen (secondary N) is 2. The van der Waals surface area contributed by atoms with E-state index in [2.05, 4.69) is 10.6 Å². The van der Waals surface area contributed by atoms with Crippen molar-refractivity contribution in [3.05, 3.63) is 119 Å². The molecule has 0 aromatic heterocycles. The number of halogens is 1. The molecule has 0 atom stereocenters. The molecule has 41 heavy (non-hydrogen) atoms. The summed E-state index contributed by atoms with van der Waals surface area (Å²) in [4.78, 5) is 27.4. The lowest BCUT2D eigenvalue weighted by atomic mass is 10.1. The van der Waals surface area contributed by atoms with Gasteiger partial charge in [-0.2, -0.15) is 0 Å². The van der Waals surface area contributed by atoms with Crippen molar-refractivity contribution in [2.75, 3.05) is 26.6 Å². The molecule has 2 N–H and O–H groups in total. The highest BCUT2D eigenvalue weighted by Gasteiger charge is 2.18. The van der Waals surface area contributed by atoms with Crippen molar-refractivity contribution in [1.82, 2.24) is 5.32 Å². The second kappa shape index (κ2) is 14.0. The van der Waals surface area contributed by atoms with E-state index in [4.69, 9.17) is 14.2 Å². The smallest absolute Gasteiger partial charge is 0.272 e. The first kappa shape index (κ1) is 29.2. The third kappa shape index (κ3) is 7.67. The SMILES string of the molecule is COc1cc(OC)c(OC)cc1/C=C(/NC(=O)c1ccccc1)C(=O)Nc1cccc(SCc2ccccc2F)c1. The van der Waals surface area contributed by atoms with Crippen LogP contribution in [0, 0.1) is 5.82 Å². The van der Waals surface area contributed by atoms with Crippen molar-refractivity contribution < 1.29 is 28.2 Å². The molecule has 9 heteroatoms. The molecule has 4 rings (SSSR count). The van der Waals surface area contributed by atoms with Crippen molar-refractivity contribution in [1.29, 1.82) is 0 Å². The molecule has 0 unspecified atom stereocenters. The highest BCUT2D eigenvalue weighted by Crippen LogP contribution is 2.35. The topological polar surface area (TPSA) is 85.9 Å². The highest BCUT2D eigenvalue weighted by molar-refractivity contribution is 7.98. The van der Waals surface area contributed by atoms with E-state index in [-0.39, 0.29) is 11.5 Å². The largest absolute Gasteiger partial charge is 0.496 e. The van der Waals surface area contributed by atoms with Gasteiger partial charge >= 0.3 is 0 Å². The van der Waals surface area contributed by atoms with Gasteiger partial charge < -0.3 is 24.8 Å². The zero-order valence-corrected chi connectivity index (χ0v) is 23.6. The molecule has 2 amide bonds. The number of carbonyl (C=O) groups excluding carboxylic acids is 2. The Morgan fingerprint density at radius 2 is 1.49 bits per heavy atom. The summed E-state index contributed by atoms with van der Waals surface area (Å²) in [7, 11) is 4.50. The summed E-state index contributed by atoms with van der Waals surface area (Å²) >= 11 is 1.44. The van der Waals surface area contributed by atoms with Gasteiger partial charge in [0.25, 0.3) is 11.8 Å². The number of carbonyl (C=O) groups is 2. The Labute approximate surface area is 242 Å². The summed E-state index contributed by atoms with van der Waals surface area (Å²) in [5, 5.41) is 5.57. The number of ether oxygens (including phenoxy) is 3. The Hall–Kier alpha value is -4.76. The minimum absolute atomic E-state index is 0.0196. The molecule has 0 aliphatic rings. The minimum Gasteiger partial charge on any atom is -0.496 e. The minimum atomic E-state index is -0.553. The molecule has 0 bridgehead atoms. The Kier molecular flexibility index (Phi) is 10.0. The van der Waals surface area contributed by atoms with Crippen LogP contribution in [0.2, 0.25) is 0 Å². The second-order valence-corrected chi connectivity index (χ2v) is 9.74. The van der Waals surface area contributed by atoms with Gasteiger partial charge in [-0.3, -0.25) is 9.59 Å². The van der Waals surface area contributed by atoms with Crippen LogP contribution in [0.3, 0.4) is 0 Å². The number of methoxy groups -OCH3 is 3. The second-order valence-electron chi connectivity index (χ2n) is 8.69. The standard InChI is InChI=1S/C32H29FN2O5S/c1-38-28-19-30(40-3)29(39-2)17-23(28)16-27(35-31(36)21-10-5-4-6-11-21)32(37)34-24-13-9-14-25(18-24)41-20-22-12-7-8-15-26(22)33/h4-19H,20H2,1-3H3,(H,34,37)(H,35,36)/b27-16+. The molecule has 0 saturated heterocycles. The normalized spacial score (nSPS) is 11.0. The number of benzene rings is 4. The van der Waals surface area contributed by atoms with Crippen molar-refractivity contribution >= 4 is 35.3 Å². The van der Waals surface area contributed by atoms with E-state index >= 15 is 0 Å². The fourth-order valence-corrected chi connectivity index (χ4v) is 4.84. The maximum Gasteiger partial charge on any atom is 0.272 e. The van der Waals surface area contributed by atoms with Crippen LogP contribution in [0.15, 0.2) is 102 Å². The molecule has 0 aliphatic carbocycles. The van der Waals surface area contributed by atoms with Crippen LogP contribution < -0.4 is 24.8 Å². The number of thioether (sulfide) groups is 1. The van der Waals surface area contributed by atoms with Crippen molar-refractivity contribution in [2.24, 2.45) is 0 Å². The molecule has 0 heterocycles. The fourth-order valence-electron chi connectivity index (χ4n) is 3.90. The molecule has 0 radical (unpaired) electrons. The van der Waals surface area contributed by atoms with Crippen molar-refractivity contribution in [3.8, 4) is 17.2 Å². The third-order valence-electron chi connectivity index (χ3n) is 6.01. The van der Waals surface area contributed by atoms with Gasteiger partial charge in [-0.1, -0.05) is 42.5 Å². The molecule has 0 fully saturated rings. The van der Waals surface area contributed by atoms with E-state index in [1.807, 2.05) is 6.07 Å². The van der Waals surface area contributed by atoms with Crippen LogP contribution in [0.1, 0.15) is 21.5 Å². The Balaban J connectivity index is 1.62. The zero-order chi connectivity index (χ0) is 29.2. The van der Waals surface area contributed by atoms with Crippen LogP contribution in [-0.4, -0.2) is 33.1 Å². The predicted molar refractivity (Wildman–Crippen MR) is 159 cm³/mol. The van der Waals surface area contributed by atoms with Gasteiger partial charge in [-0.15, -0.1) is 11.8 Å². The van der Waals surface area contributed by atoms with Gasteiger partial charge in [0.05, 0.1) is 21.3 Å². The average Bonchev–Trinajstić information content (AvgIpc) is 3.00. The number of amides is 2. The van der Waals surface area contributed by atoms with E-state index in [9.17, 15) is 14.0 Å². The Morgan fingerprint density at radius 1 is 0.805 bits per heavy atom. The van der Waals surface area contributed by atoms with Crippen molar-refractivity contribution in [3.63, 3.8) is 0 Å². The number of hydrogen-bond acceptors (Lipinski definition) is 6. The van der Waals surface area contributed by atoms with Crippen LogP contribution in [0.5, 0.6) is 17.2 Å². The quantitative estimate of drug-likeness (QED) is 0.157. The molecule has 4 aromatic rings. The highest BCUT2D eigenvalue weighted by atomic mass is 32.2. The summed E-state index contributed by atoms with van der Waals surface area (Å²) in [5.41, 5.74) is 1.95. The molecule has 4 aromatic carbocycles. The molecule has 210 valence electrons.